The number of hydrogen-bond acceptors (Lipinski definition) is 5. The van der Waals surface area contributed by atoms with Gasteiger partial charge in [0.1, 0.15) is 11.3 Å². The average Bonchev–Trinajstić information content (AvgIpc) is 3.01. The summed E-state index contributed by atoms with van der Waals surface area (Å²) in [5.41, 5.74) is 2.10. The molecule has 29 heavy (non-hydrogen) atoms. The van der Waals surface area contributed by atoms with Crippen LogP contribution in [0.4, 0.5) is 4.79 Å². The van der Waals surface area contributed by atoms with Crippen LogP contribution in [0, 0.1) is 6.92 Å². The first-order valence-electron chi connectivity index (χ1n) is 9.65. The number of aromatic nitrogens is 2. The van der Waals surface area contributed by atoms with E-state index in [1.807, 2.05) is 45.9 Å². The van der Waals surface area contributed by atoms with Crippen molar-refractivity contribution in [3.8, 4) is 11.4 Å². The molecule has 0 spiro atoms. The second kappa shape index (κ2) is 8.63. The van der Waals surface area contributed by atoms with Crippen molar-refractivity contribution < 1.29 is 19.0 Å². The van der Waals surface area contributed by atoms with E-state index in [1.165, 1.54) is 0 Å². The number of aryl methyl sites for hydroxylation is 1. The smallest absolute Gasteiger partial charge is 0.410 e. The van der Waals surface area contributed by atoms with E-state index in [9.17, 15) is 4.79 Å². The van der Waals surface area contributed by atoms with Crippen molar-refractivity contribution in [2.75, 3.05) is 26.8 Å². The quantitative estimate of drug-likeness (QED) is 0.745. The number of halogens is 1. The van der Waals surface area contributed by atoms with E-state index in [1.54, 1.807) is 22.9 Å². The van der Waals surface area contributed by atoms with Crippen molar-refractivity contribution in [1.29, 1.82) is 0 Å². The highest BCUT2D eigenvalue weighted by Gasteiger charge is 2.28. The number of hydrogen-bond donors (Lipinski definition) is 0. The van der Waals surface area contributed by atoms with Crippen LogP contribution in [0.2, 0.25) is 5.02 Å². The molecule has 0 saturated carbocycles. The third-order valence-electron chi connectivity index (χ3n) is 4.59. The first kappa shape index (κ1) is 21.5. The summed E-state index contributed by atoms with van der Waals surface area (Å²) in [5, 5.41) is 5.03. The van der Waals surface area contributed by atoms with E-state index in [-0.39, 0.29) is 12.2 Å². The number of nitrogens with zero attached hydrogens (tertiary/aromatic N) is 3. The average molecular weight is 422 g/mol. The first-order valence-corrected chi connectivity index (χ1v) is 10.0. The Morgan fingerprint density at radius 1 is 1.38 bits per heavy atom. The highest BCUT2D eigenvalue weighted by Crippen LogP contribution is 2.26. The predicted octanol–water partition coefficient (Wildman–Crippen LogP) is 4.02. The number of benzene rings is 1. The molecule has 158 valence electrons. The summed E-state index contributed by atoms with van der Waals surface area (Å²) in [6, 6.07) is 5.84. The lowest BCUT2D eigenvalue weighted by Gasteiger charge is -2.34. The Morgan fingerprint density at radius 3 is 2.76 bits per heavy atom. The van der Waals surface area contributed by atoms with Crippen LogP contribution < -0.4 is 4.74 Å². The summed E-state index contributed by atoms with van der Waals surface area (Å²) in [5.74, 6) is 0.711. The van der Waals surface area contributed by atoms with Gasteiger partial charge in [-0.3, -0.25) is 0 Å². The third-order valence-corrected chi connectivity index (χ3v) is 4.89. The molecule has 1 unspecified atom stereocenters. The molecule has 7 nitrogen and oxygen atoms in total. The van der Waals surface area contributed by atoms with Gasteiger partial charge in [0.2, 0.25) is 0 Å². The van der Waals surface area contributed by atoms with Gasteiger partial charge in [0.05, 0.1) is 43.3 Å². The summed E-state index contributed by atoms with van der Waals surface area (Å²) in [6.07, 6.45) is 2.05. The van der Waals surface area contributed by atoms with E-state index in [0.29, 0.717) is 36.9 Å². The Morgan fingerprint density at radius 2 is 2.14 bits per heavy atom. The van der Waals surface area contributed by atoms with E-state index in [2.05, 4.69) is 5.10 Å². The van der Waals surface area contributed by atoms with Crippen LogP contribution in [0.3, 0.4) is 0 Å². The van der Waals surface area contributed by atoms with Crippen LogP contribution in [0.15, 0.2) is 24.4 Å². The normalized spacial score (nSPS) is 17.3. The van der Waals surface area contributed by atoms with Crippen LogP contribution in [-0.4, -0.2) is 59.3 Å². The molecule has 1 saturated heterocycles. The fourth-order valence-electron chi connectivity index (χ4n) is 3.23. The molecular weight excluding hydrogens is 394 g/mol. The zero-order valence-corrected chi connectivity index (χ0v) is 18.3. The Kier molecular flexibility index (Phi) is 6.39. The molecule has 2 aromatic rings. The molecule has 1 atom stereocenters. The van der Waals surface area contributed by atoms with Crippen molar-refractivity contribution in [1.82, 2.24) is 14.7 Å². The SMILES string of the molecule is COc1cn(-c2ccc(CC3CN(C(=O)OC(C)(C)C)CCO3)cc2Cl)nc1C. The maximum atomic E-state index is 12.3. The van der Waals surface area contributed by atoms with Gasteiger partial charge < -0.3 is 19.1 Å². The van der Waals surface area contributed by atoms with Crippen molar-refractivity contribution in [3.63, 3.8) is 0 Å². The van der Waals surface area contributed by atoms with Gasteiger partial charge >= 0.3 is 6.09 Å². The molecule has 1 aromatic heterocycles. The van der Waals surface area contributed by atoms with Crippen LogP contribution in [0.5, 0.6) is 5.75 Å². The van der Waals surface area contributed by atoms with Crippen LogP contribution in [0.1, 0.15) is 32.0 Å². The molecule has 1 aliphatic heterocycles. The van der Waals surface area contributed by atoms with Crippen molar-refractivity contribution in [2.45, 2.75) is 45.8 Å². The van der Waals surface area contributed by atoms with Gasteiger partial charge in [0.25, 0.3) is 0 Å². The van der Waals surface area contributed by atoms with Crippen LogP contribution >= 0.6 is 11.6 Å². The summed E-state index contributed by atoms with van der Waals surface area (Å²) >= 11 is 6.51. The number of amides is 1. The predicted molar refractivity (Wildman–Crippen MR) is 111 cm³/mol. The summed E-state index contributed by atoms with van der Waals surface area (Å²) < 4.78 is 18.3. The van der Waals surface area contributed by atoms with Gasteiger partial charge in [-0.2, -0.15) is 5.10 Å². The molecule has 2 heterocycles. The van der Waals surface area contributed by atoms with Gasteiger partial charge in [-0.15, -0.1) is 0 Å². The number of methoxy groups -OCH3 is 1. The van der Waals surface area contributed by atoms with Gasteiger partial charge in [-0.1, -0.05) is 17.7 Å². The minimum atomic E-state index is -0.512. The molecule has 8 heteroatoms. The van der Waals surface area contributed by atoms with Gasteiger partial charge in [0.15, 0.2) is 5.75 Å². The molecular formula is C21H28ClN3O4. The fourth-order valence-corrected chi connectivity index (χ4v) is 3.52. The molecule has 1 amide bonds. The number of rotatable bonds is 4. The van der Waals surface area contributed by atoms with E-state index >= 15 is 0 Å². The molecule has 1 aliphatic rings. The maximum absolute atomic E-state index is 12.3. The fraction of sp³-hybridized carbons (Fsp3) is 0.524. The van der Waals surface area contributed by atoms with Gasteiger partial charge in [0, 0.05) is 13.0 Å². The monoisotopic (exact) mass is 421 g/mol. The molecule has 1 aromatic carbocycles. The molecule has 3 rings (SSSR count). The Labute approximate surface area is 176 Å². The second-order valence-electron chi connectivity index (χ2n) is 8.14. The second-order valence-corrected chi connectivity index (χ2v) is 8.54. The largest absolute Gasteiger partial charge is 0.493 e. The molecule has 0 aliphatic carbocycles. The zero-order valence-electron chi connectivity index (χ0n) is 17.6. The van der Waals surface area contributed by atoms with E-state index in [4.69, 9.17) is 25.8 Å². The molecule has 0 bridgehead atoms. The number of morpholine rings is 1. The Balaban J connectivity index is 1.67. The lowest BCUT2D eigenvalue weighted by atomic mass is 10.1. The van der Waals surface area contributed by atoms with Crippen molar-refractivity contribution in [3.05, 3.63) is 40.7 Å². The summed E-state index contributed by atoms with van der Waals surface area (Å²) in [4.78, 5) is 14.0. The minimum absolute atomic E-state index is 0.106. The van der Waals surface area contributed by atoms with Gasteiger partial charge in [-0.05, 0) is 45.4 Å². The standard InChI is InChI=1S/C21H28ClN3O4/c1-14-19(27-5)13-25(23-14)18-7-6-15(11-17(18)22)10-16-12-24(8-9-28-16)20(26)29-21(2,3)4/h6-7,11,13,16H,8-10,12H2,1-5H3. The number of carbonyl (C=O) groups excluding carboxylic acids is 1. The van der Waals surface area contributed by atoms with Crippen LogP contribution in [0.25, 0.3) is 5.69 Å². The Bertz CT molecular complexity index is 875. The third kappa shape index (κ3) is 5.42. The van der Waals surface area contributed by atoms with Crippen LogP contribution in [-0.2, 0) is 15.9 Å². The topological polar surface area (TPSA) is 65.8 Å². The number of ether oxygens (including phenoxy) is 3. The molecule has 0 radical (unpaired) electrons. The maximum Gasteiger partial charge on any atom is 0.410 e. The first-order chi connectivity index (χ1) is 13.7. The lowest BCUT2D eigenvalue weighted by molar-refractivity contribution is -0.0415. The Hall–Kier alpha value is -2.25. The zero-order chi connectivity index (χ0) is 21.2. The summed E-state index contributed by atoms with van der Waals surface area (Å²) in [6.45, 7) is 8.99. The minimum Gasteiger partial charge on any atom is -0.493 e. The summed E-state index contributed by atoms with van der Waals surface area (Å²) in [7, 11) is 1.61. The molecule has 1 fully saturated rings. The highest BCUT2D eigenvalue weighted by molar-refractivity contribution is 6.32. The highest BCUT2D eigenvalue weighted by atomic mass is 35.5. The van der Waals surface area contributed by atoms with Gasteiger partial charge in [-0.25, -0.2) is 9.48 Å². The van der Waals surface area contributed by atoms with Crippen molar-refractivity contribution >= 4 is 17.7 Å². The van der Waals surface area contributed by atoms with E-state index < -0.39 is 5.60 Å². The van der Waals surface area contributed by atoms with Crippen molar-refractivity contribution in [2.24, 2.45) is 0 Å². The number of carbonyl (C=O) groups is 1. The lowest BCUT2D eigenvalue weighted by Crippen LogP contribution is -2.48. The van der Waals surface area contributed by atoms with E-state index in [0.717, 1.165) is 16.9 Å². The molecule has 0 N–H and O–H groups in total.